The van der Waals surface area contributed by atoms with Crippen molar-refractivity contribution in [2.24, 2.45) is 10.7 Å². The first-order valence-corrected chi connectivity index (χ1v) is 7.41. The molecular formula is C16H13ClF3N3O. The first-order chi connectivity index (χ1) is 11.4. The van der Waals surface area contributed by atoms with Crippen molar-refractivity contribution in [2.45, 2.75) is 12.0 Å². The molecule has 1 aromatic carbocycles. The summed E-state index contributed by atoms with van der Waals surface area (Å²) in [7, 11) is 0. The fraction of sp³-hybridized carbons (Fsp3) is 0.250. The van der Waals surface area contributed by atoms with Crippen LogP contribution in [0.2, 0.25) is 5.02 Å². The third-order valence-electron chi connectivity index (χ3n) is 3.75. The van der Waals surface area contributed by atoms with Gasteiger partial charge in [-0.3, -0.25) is 9.98 Å². The van der Waals surface area contributed by atoms with Gasteiger partial charge in [-0.2, -0.15) is 0 Å². The Hall–Kier alpha value is -2.12. The van der Waals surface area contributed by atoms with E-state index in [-0.39, 0.29) is 18.0 Å². The summed E-state index contributed by atoms with van der Waals surface area (Å²) < 4.78 is 47.0. The Bertz CT molecular complexity index is 800. The highest BCUT2D eigenvalue weighted by Gasteiger charge is 2.46. The zero-order valence-corrected chi connectivity index (χ0v) is 13.1. The molecular weight excluding hydrogens is 343 g/mol. The quantitative estimate of drug-likeness (QED) is 0.918. The SMILES string of the molecule is NC1=NC(c2cc(-c3cncc(Cl)c3)ccc2F)(C(F)F)COC1. The van der Waals surface area contributed by atoms with Crippen LogP contribution < -0.4 is 5.73 Å². The lowest BCUT2D eigenvalue weighted by atomic mass is 9.88. The summed E-state index contributed by atoms with van der Waals surface area (Å²) in [4.78, 5) is 7.78. The van der Waals surface area contributed by atoms with Crippen LogP contribution >= 0.6 is 11.6 Å². The van der Waals surface area contributed by atoms with E-state index in [2.05, 4.69) is 9.98 Å². The number of pyridine rings is 1. The molecule has 0 saturated heterocycles. The summed E-state index contributed by atoms with van der Waals surface area (Å²) in [5, 5.41) is 0.380. The van der Waals surface area contributed by atoms with E-state index in [9.17, 15) is 13.2 Å². The van der Waals surface area contributed by atoms with Crippen LogP contribution in [0.25, 0.3) is 11.1 Å². The molecule has 1 aromatic heterocycles. The third-order valence-corrected chi connectivity index (χ3v) is 3.95. The van der Waals surface area contributed by atoms with Crippen LogP contribution in [-0.2, 0) is 10.3 Å². The number of halogens is 4. The number of hydrogen-bond donors (Lipinski definition) is 1. The van der Waals surface area contributed by atoms with E-state index < -0.39 is 24.4 Å². The van der Waals surface area contributed by atoms with Gasteiger partial charge in [-0.25, -0.2) is 13.2 Å². The molecule has 126 valence electrons. The second-order valence-electron chi connectivity index (χ2n) is 5.41. The summed E-state index contributed by atoms with van der Waals surface area (Å²) in [6, 6.07) is 5.48. The molecule has 0 aliphatic carbocycles. The maximum absolute atomic E-state index is 14.3. The lowest BCUT2D eigenvalue weighted by molar-refractivity contribution is -0.0145. The average Bonchev–Trinajstić information content (AvgIpc) is 2.55. The van der Waals surface area contributed by atoms with Crippen molar-refractivity contribution >= 4 is 17.4 Å². The standard InChI is InChI=1S/C16H13ClF3N3O/c17-11-3-10(5-22-6-11)9-1-2-13(18)12(4-9)16(15(19)20)8-24-7-14(21)23-16/h1-6,15H,7-8H2,(H2,21,23). The van der Waals surface area contributed by atoms with Crippen LogP contribution in [0.3, 0.4) is 0 Å². The van der Waals surface area contributed by atoms with Crippen molar-refractivity contribution in [2.75, 3.05) is 13.2 Å². The Morgan fingerprint density at radius 2 is 2.00 bits per heavy atom. The molecule has 2 N–H and O–H groups in total. The van der Waals surface area contributed by atoms with Crippen LogP contribution in [-0.4, -0.2) is 30.5 Å². The van der Waals surface area contributed by atoms with Gasteiger partial charge in [0.05, 0.1) is 11.6 Å². The first-order valence-electron chi connectivity index (χ1n) is 7.03. The minimum atomic E-state index is -2.99. The molecule has 1 aliphatic rings. The zero-order valence-electron chi connectivity index (χ0n) is 12.3. The second-order valence-corrected chi connectivity index (χ2v) is 5.84. The second kappa shape index (κ2) is 6.41. The number of rotatable bonds is 3. The van der Waals surface area contributed by atoms with E-state index in [1.807, 2.05) is 0 Å². The van der Waals surface area contributed by atoms with Gasteiger partial charge in [-0.15, -0.1) is 0 Å². The van der Waals surface area contributed by atoms with Crippen molar-refractivity contribution in [3.63, 3.8) is 0 Å². The lowest BCUT2D eigenvalue weighted by Crippen LogP contribution is -2.45. The normalized spacial score (nSPS) is 21.0. The van der Waals surface area contributed by atoms with E-state index >= 15 is 0 Å². The number of nitrogens with two attached hydrogens (primary N) is 1. The number of ether oxygens (including phenoxy) is 1. The number of amidine groups is 1. The number of aliphatic imine (C=N–C) groups is 1. The molecule has 24 heavy (non-hydrogen) atoms. The maximum atomic E-state index is 14.3. The van der Waals surface area contributed by atoms with Crippen molar-refractivity contribution in [1.82, 2.24) is 4.98 Å². The van der Waals surface area contributed by atoms with Gasteiger partial charge in [0.2, 0.25) is 0 Å². The Morgan fingerprint density at radius 1 is 1.21 bits per heavy atom. The van der Waals surface area contributed by atoms with E-state index in [0.717, 1.165) is 6.07 Å². The molecule has 8 heteroatoms. The number of alkyl halides is 2. The van der Waals surface area contributed by atoms with Crippen molar-refractivity contribution in [1.29, 1.82) is 0 Å². The van der Waals surface area contributed by atoms with Crippen LogP contribution in [0.4, 0.5) is 13.2 Å². The largest absolute Gasteiger partial charge is 0.385 e. The number of hydrogen-bond acceptors (Lipinski definition) is 4. The van der Waals surface area contributed by atoms with Crippen LogP contribution in [0.5, 0.6) is 0 Å². The molecule has 1 aliphatic heterocycles. The van der Waals surface area contributed by atoms with Crippen molar-refractivity contribution in [3.05, 3.63) is 53.1 Å². The molecule has 0 bridgehead atoms. The fourth-order valence-electron chi connectivity index (χ4n) is 2.61. The molecule has 1 atom stereocenters. The molecule has 0 spiro atoms. The van der Waals surface area contributed by atoms with Crippen molar-refractivity contribution in [3.8, 4) is 11.1 Å². The minimum Gasteiger partial charge on any atom is -0.385 e. The number of nitrogens with zero attached hydrogens (tertiary/aromatic N) is 2. The van der Waals surface area contributed by atoms with Crippen LogP contribution in [0.1, 0.15) is 5.56 Å². The molecule has 0 saturated carbocycles. The highest BCUT2D eigenvalue weighted by molar-refractivity contribution is 6.30. The number of benzene rings is 1. The van der Waals surface area contributed by atoms with E-state index in [0.29, 0.717) is 16.1 Å². The summed E-state index contributed by atoms with van der Waals surface area (Å²) in [6.07, 6.45) is -0.0399. The molecule has 2 aromatic rings. The monoisotopic (exact) mass is 355 g/mol. The van der Waals surface area contributed by atoms with Gasteiger partial charge in [0.1, 0.15) is 18.3 Å². The Labute approximate surface area is 141 Å². The van der Waals surface area contributed by atoms with E-state index in [1.165, 1.54) is 24.5 Å². The lowest BCUT2D eigenvalue weighted by Gasteiger charge is -2.33. The van der Waals surface area contributed by atoms with Crippen LogP contribution in [0, 0.1) is 5.82 Å². The maximum Gasteiger partial charge on any atom is 0.269 e. The Morgan fingerprint density at radius 3 is 2.67 bits per heavy atom. The molecule has 0 fully saturated rings. The van der Waals surface area contributed by atoms with E-state index in [1.54, 1.807) is 6.07 Å². The van der Waals surface area contributed by atoms with Gasteiger partial charge in [0.25, 0.3) is 6.43 Å². The third kappa shape index (κ3) is 2.97. The van der Waals surface area contributed by atoms with Crippen LogP contribution in [0.15, 0.2) is 41.7 Å². The van der Waals surface area contributed by atoms with Gasteiger partial charge in [0, 0.05) is 23.5 Å². The highest BCUT2D eigenvalue weighted by atomic mass is 35.5. The first kappa shape index (κ1) is 16.7. The topological polar surface area (TPSA) is 60.5 Å². The molecule has 4 nitrogen and oxygen atoms in total. The summed E-state index contributed by atoms with van der Waals surface area (Å²) in [6.45, 7) is -0.520. The van der Waals surface area contributed by atoms with Gasteiger partial charge in [0.15, 0.2) is 5.54 Å². The molecule has 2 heterocycles. The van der Waals surface area contributed by atoms with Crippen molar-refractivity contribution < 1.29 is 17.9 Å². The fourth-order valence-corrected chi connectivity index (χ4v) is 2.78. The predicted octanol–water partition coefficient (Wildman–Crippen LogP) is 3.39. The van der Waals surface area contributed by atoms with Gasteiger partial charge < -0.3 is 10.5 Å². The predicted molar refractivity (Wildman–Crippen MR) is 84.8 cm³/mol. The van der Waals surface area contributed by atoms with Gasteiger partial charge in [-0.05, 0) is 23.8 Å². The van der Waals surface area contributed by atoms with E-state index in [4.69, 9.17) is 22.1 Å². The molecule has 1 unspecified atom stereocenters. The smallest absolute Gasteiger partial charge is 0.269 e. The van der Waals surface area contributed by atoms with Gasteiger partial charge in [-0.1, -0.05) is 17.7 Å². The summed E-state index contributed by atoms with van der Waals surface area (Å²) in [5.74, 6) is -0.910. The Kier molecular flexibility index (Phi) is 4.47. The highest BCUT2D eigenvalue weighted by Crippen LogP contribution is 2.38. The average molecular weight is 356 g/mol. The summed E-state index contributed by atoms with van der Waals surface area (Å²) >= 11 is 5.90. The summed E-state index contributed by atoms with van der Waals surface area (Å²) in [5.41, 5.74) is 4.15. The van der Waals surface area contributed by atoms with Gasteiger partial charge >= 0.3 is 0 Å². The zero-order chi connectivity index (χ0) is 17.3. The minimum absolute atomic E-state index is 0.0615. The molecule has 0 radical (unpaired) electrons. The number of aromatic nitrogens is 1. The molecule has 0 amide bonds. The molecule has 3 rings (SSSR count). The Balaban J connectivity index is 2.16.